The molecule has 5 rings (SSSR count). The molecule has 7 nitrogen and oxygen atoms in total. The summed E-state index contributed by atoms with van der Waals surface area (Å²) in [6.45, 7) is 9.10. The molecule has 2 aliphatic heterocycles. The Labute approximate surface area is 192 Å². The minimum absolute atomic E-state index is 0.0766. The number of pyridine rings is 1. The van der Waals surface area contributed by atoms with Crippen molar-refractivity contribution < 1.29 is 14.4 Å². The molecule has 1 aromatic heterocycles. The average Bonchev–Trinajstić information content (AvgIpc) is 3.09. The van der Waals surface area contributed by atoms with E-state index in [1.165, 1.54) is 0 Å². The highest BCUT2D eigenvalue weighted by atomic mass is 16.2. The summed E-state index contributed by atoms with van der Waals surface area (Å²) in [4.78, 5) is 42.2. The van der Waals surface area contributed by atoms with Gasteiger partial charge >= 0.3 is 6.15 Å². The van der Waals surface area contributed by atoms with E-state index in [-0.39, 0.29) is 12.1 Å². The Morgan fingerprint density at radius 2 is 1.61 bits per heavy atom. The van der Waals surface area contributed by atoms with E-state index in [9.17, 15) is 4.79 Å². The predicted molar refractivity (Wildman–Crippen MR) is 123 cm³/mol. The molecule has 1 spiro atoms. The normalized spacial score (nSPS) is 16.4. The van der Waals surface area contributed by atoms with E-state index in [2.05, 4.69) is 33.9 Å². The summed E-state index contributed by atoms with van der Waals surface area (Å²) in [5, 5.41) is 0. The second kappa shape index (κ2) is 9.17. The number of aromatic nitrogens is 1. The van der Waals surface area contributed by atoms with Crippen molar-refractivity contribution in [3.63, 3.8) is 0 Å². The highest BCUT2D eigenvalue weighted by molar-refractivity contribution is 6.12. The topological polar surface area (TPSA) is 74.9 Å². The number of hydrogen-bond acceptors (Lipinski definition) is 5. The third kappa shape index (κ3) is 3.94. The van der Waals surface area contributed by atoms with E-state index in [1.54, 1.807) is 11.1 Å². The molecule has 2 aromatic carbocycles. The lowest BCUT2D eigenvalue weighted by Crippen LogP contribution is -2.46. The largest absolute Gasteiger partial charge is 0.373 e. The smallest absolute Gasteiger partial charge is 0.306 e. The van der Waals surface area contributed by atoms with E-state index in [4.69, 9.17) is 16.2 Å². The lowest BCUT2D eigenvalue weighted by Gasteiger charge is -2.36. The molecule has 1 amide bonds. The lowest BCUT2D eigenvalue weighted by molar-refractivity contribution is -0.191. The number of amides is 1. The van der Waals surface area contributed by atoms with Gasteiger partial charge in [0.15, 0.2) is 0 Å². The van der Waals surface area contributed by atoms with Crippen LogP contribution in [0, 0.1) is 6.57 Å². The van der Waals surface area contributed by atoms with Crippen molar-refractivity contribution in [1.82, 2.24) is 9.88 Å². The van der Waals surface area contributed by atoms with Crippen LogP contribution in [-0.2, 0) is 19.8 Å². The van der Waals surface area contributed by atoms with Gasteiger partial charge in [-0.2, -0.15) is 9.59 Å². The van der Waals surface area contributed by atoms with Crippen molar-refractivity contribution in [1.29, 1.82) is 0 Å². The first kappa shape index (κ1) is 22.1. The Kier molecular flexibility index (Phi) is 6.14. The zero-order chi connectivity index (χ0) is 23.4. The molecule has 7 heteroatoms. The van der Waals surface area contributed by atoms with Gasteiger partial charge in [0.1, 0.15) is 5.82 Å². The van der Waals surface area contributed by atoms with Crippen LogP contribution in [0.3, 0.4) is 0 Å². The van der Waals surface area contributed by atoms with Crippen molar-refractivity contribution in [2.75, 3.05) is 25.0 Å². The van der Waals surface area contributed by atoms with Crippen LogP contribution in [-0.4, -0.2) is 42.1 Å². The van der Waals surface area contributed by atoms with E-state index < -0.39 is 5.41 Å². The Hall–Kier alpha value is -4.11. The molecular weight excluding hydrogens is 416 g/mol. The number of carbonyl (C=O) groups is 1. The van der Waals surface area contributed by atoms with Crippen LogP contribution < -0.4 is 4.90 Å². The molecule has 2 aliphatic rings. The van der Waals surface area contributed by atoms with Crippen LogP contribution in [0.25, 0.3) is 16.0 Å². The third-order valence-corrected chi connectivity index (χ3v) is 6.39. The molecule has 1 fully saturated rings. The van der Waals surface area contributed by atoms with Crippen molar-refractivity contribution in [2.24, 2.45) is 0 Å². The molecule has 164 valence electrons. The number of likely N-dealkylation sites (tertiary alicyclic amines) is 1. The van der Waals surface area contributed by atoms with Gasteiger partial charge in [0.2, 0.25) is 11.6 Å². The Bertz CT molecular complexity index is 1230. The number of hydrogen-bond donors (Lipinski definition) is 0. The first-order valence-electron chi connectivity index (χ1n) is 10.6. The maximum atomic E-state index is 13.8. The van der Waals surface area contributed by atoms with Crippen LogP contribution in [0.5, 0.6) is 0 Å². The highest BCUT2D eigenvalue weighted by Gasteiger charge is 2.53. The molecule has 0 atom stereocenters. The van der Waals surface area contributed by atoms with Crippen LogP contribution in [0.4, 0.5) is 17.2 Å². The summed E-state index contributed by atoms with van der Waals surface area (Å²) in [5.41, 5.74) is 3.87. The van der Waals surface area contributed by atoms with Gasteiger partial charge in [-0.15, -0.1) is 0 Å². The summed E-state index contributed by atoms with van der Waals surface area (Å²) < 4.78 is 0. The van der Waals surface area contributed by atoms with E-state index in [0.717, 1.165) is 48.3 Å². The molecule has 0 unspecified atom stereocenters. The van der Waals surface area contributed by atoms with Crippen molar-refractivity contribution in [3.05, 3.63) is 83.8 Å². The van der Waals surface area contributed by atoms with Gasteiger partial charge in [0, 0.05) is 11.8 Å². The van der Waals surface area contributed by atoms with Gasteiger partial charge < -0.3 is 4.90 Å². The fourth-order valence-electron chi connectivity index (χ4n) is 4.62. The Morgan fingerprint density at radius 3 is 2.21 bits per heavy atom. The van der Waals surface area contributed by atoms with Gasteiger partial charge in [0.25, 0.3) is 0 Å². The standard InChI is InChI=1S/C25H22N4O.CO2/c1-26-20-16-22-23(27-17-20)29(24(30)25(22)12-14-28(2)15-13-25)21-10-8-19(9-11-21)18-6-4-3-5-7-18;2-1-3/h3-11,16-17H,12-15H2,2H3;. The van der Waals surface area contributed by atoms with Gasteiger partial charge in [-0.3, -0.25) is 9.69 Å². The van der Waals surface area contributed by atoms with Crippen molar-refractivity contribution >= 4 is 29.3 Å². The van der Waals surface area contributed by atoms with Crippen LogP contribution in [0.1, 0.15) is 18.4 Å². The first-order valence-corrected chi connectivity index (χ1v) is 10.6. The third-order valence-electron chi connectivity index (χ3n) is 6.39. The zero-order valence-electron chi connectivity index (χ0n) is 18.2. The zero-order valence-corrected chi connectivity index (χ0v) is 18.2. The number of anilines is 2. The average molecular weight is 438 g/mol. The van der Waals surface area contributed by atoms with E-state index >= 15 is 0 Å². The minimum Gasteiger partial charge on any atom is -0.306 e. The maximum absolute atomic E-state index is 13.8. The highest BCUT2D eigenvalue weighted by Crippen LogP contribution is 2.50. The van der Waals surface area contributed by atoms with Crippen LogP contribution in [0.2, 0.25) is 0 Å². The second-order valence-electron chi connectivity index (χ2n) is 8.20. The molecule has 0 aliphatic carbocycles. The van der Waals surface area contributed by atoms with Gasteiger partial charge in [-0.25, -0.2) is 9.83 Å². The molecule has 1 saturated heterocycles. The minimum atomic E-state index is -0.590. The maximum Gasteiger partial charge on any atom is 0.373 e. The summed E-state index contributed by atoms with van der Waals surface area (Å²) in [5.74, 6) is 0.747. The predicted octanol–water partition coefficient (Wildman–Crippen LogP) is 4.36. The van der Waals surface area contributed by atoms with E-state index in [0.29, 0.717) is 11.5 Å². The first-order chi connectivity index (χ1) is 16.0. The number of benzene rings is 2. The van der Waals surface area contributed by atoms with Crippen LogP contribution in [0.15, 0.2) is 66.9 Å². The van der Waals surface area contributed by atoms with Crippen LogP contribution >= 0.6 is 0 Å². The Balaban J connectivity index is 0.000000821. The Morgan fingerprint density at radius 1 is 1.00 bits per heavy atom. The summed E-state index contributed by atoms with van der Waals surface area (Å²) in [7, 11) is 2.08. The number of fused-ring (bicyclic) bond motifs is 2. The van der Waals surface area contributed by atoms with Crippen molar-refractivity contribution in [2.45, 2.75) is 18.3 Å². The summed E-state index contributed by atoms with van der Waals surface area (Å²) in [6.07, 6.45) is 3.31. The molecule has 3 heterocycles. The molecule has 0 bridgehead atoms. The summed E-state index contributed by atoms with van der Waals surface area (Å²) >= 11 is 0. The number of carbonyl (C=O) groups excluding carboxylic acids is 3. The second-order valence-corrected chi connectivity index (χ2v) is 8.20. The molecule has 33 heavy (non-hydrogen) atoms. The fraction of sp³-hybridized carbons (Fsp3) is 0.231. The number of nitrogens with zero attached hydrogens (tertiary/aromatic N) is 4. The molecular formula is C26H22N4O3. The molecule has 0 saturated carbocycles. The fourth-order valence-corrected chi connectivity index (χ4v) is 4.62. The van der Waals surface area contributed by atoms with E-state index in [1.807, 2.05) is 48.5 Å². The van der Waals surface area contributed by atoms with Crippen molar-refractivity contribution in [3.8, 4) is 11.1 Å². The quantitative estimate of drug-likeness (QED) is 0.556. The molecule has 0 radical (unpaired) electrons. The molecule has 0 N–H and O–H groups in total. The number of rotatable bonds is 2. The molecule has 3 aromatic rings. The van der Waals surface area contributed by atoms with Gasteiger partial charge in [-0.05, 0) is 62.3 Å². The van der Waals surface area contributed by atoms with Gasteiger partial charge in [-0.1, -0.05) is 42.5 Å². The monoisotopic (exact) mass is 438 g/mol. The lowest BCUT2D eigenvalue weighted by atomic mass is 9.74. The number of piperidine rings is 1. The summed E-state index contributed by atoms with van der Waals surface area (Å²) in [6, 6.07) is 20.1. The van der Waals surface area contributed by atoms with Gasteiger partial charge in [0.05, 0.1) is 17.7 Å². The SMILES string of the molecule is O=C=O.[C-]#[N+]c1cnc2c(c1)C1(CCN(C)CC1)C(=O)N2c1ccc(-c2ccccc2)cc1.